The fourth-order valence-corrected chi connectivity index (χ4v) is 2.72. The molecule has 0 aliphatic heterocycles. The predicted molar refractivity (Wildman–Crippen MR) is 103 cm³/mol. The van der Waals surface area contributed by atoms with Crippen molar-refractivity contribution < 1.29 is 0 Å². The fourth-order valence-electron chi connectivity index (χ4n) is 2.14. The van der Waals surface area contributed by atoms with Crippen LogP contribution in [0.1, 0.15) is 5.56 Å². The van der Waals surface area contributed by atoms with E-state index in [4.69, 9.17) is 34.8 Å². The Hall–Kier alpha value is -2.08. The number of benzene rings is 2. The summed E-state index contributed by atoms with van der Waals surface area (Å²) in [5.74, 6) is 0.970. The van der Waals surface area contributed by atoms with Crippen molar-refractivity contribution in [2.45, 2.75) is 6.42 Å². The molecule has 0 bridgehead atoms. The molecule has 0 unspecified atom stereocenters. The molecule has 0 spiro atoms. The third kappa shape index (κ3) is 5.19. The van der Waals surface area contributed by atoms with Crippen molar-refractivity contribution >= 4 is 52.3 Å². The summed E-state index contributed by atoms with van der Waals surface area (Å²) in [6.45, 7) is 0.675. The van der Waals surface area contributed by atoms with Gasteiger partial charge in [0, 0.05) is 16.6 Å². The number of rotatable bonds is 6. The van der Waals surface area contributed by atoms with Gasteiger partial charge in [-0.25, -0.2) is 0 Å². The van der Waals surface area contributed by atoms with E-state index in [2.05, 4.69) is 25.8 Å². The van der Waals surface area contributed by atoms with Gasteiger partial charge in [-0.15, -0.1) is 5.10 Å². The van der Waals surface area contributed by atoms with Gasteiger partial charge in [0.15, 0.2) is 5.82 Å². The fraction of sp³-hybridized carbons (Fsp3) is 0.118. The third-order valence-corrected chi connectivity index (χ3v) is 4.16. The second-order valence-corrected chi connectivity index (χ2v) is 6.50. The molecule has 2 aromatic carbocycles. The molecule has 0 fully saturated rings. The SMILES string of the molecule is Clc1ccc(CCNc2nncc(Nc3ccc(Cl)cc3Cl)n2)cc1. The van der Waals surface area contributed by atoms with E-state index in [1.807, 2.05) is 24.3 Å². The van der Waals surface area contributed by atoms with E-state index in [1.54, 1.807) is 18.2 Å². The Kier molecular flexibility index (Phi) is 5.91. The van der Waals surface area contributed by atoms with E-state index in [1.165, 1.54) is 11.8 Å². The van der Waals surface area contributed by atoms with Gasteiger partial charge >= 0.3 is 0 Å². The first kappa shape index (κ1) is 17.7. The molecule has 0 radical (unpaired) electrons. The minimum atomic E-state index is 0.434. The number of aromatic nitrogens is 3. The molecule has 0 aliphatic carbocycles. The molecule has 3 rings (SSSR count). The molecule has 0 amide bonds. The Labute approximate surface area is 160 Å². The first-order chi connectivity index (χ1) is 12.1. The van der Waals surface area contributed by atoms with E-state index in [-0.39, 0.29) is 0 Å². The molecule has 5 nitrogen and oxygen atoms in total. The molecule has 0 saturated heterocycles. The van der Waals surface area contributed by atoms with Crippen molar-refractivity contribution in [3.8, 4) is 0 Å². The third-order valence-electron chi connectivity index (χ3n) is 3.36. The Balaban J connectivity index is 1.60. The average Bonchev–Trinajstić information content (AvgIpc) is 2.60. The lowest BCUT2D eigenvalue weighted by Gasteiger charge is -2.09. The van der Waals surface area contributed by atoms with Crippen molar-refractivity contribution in [1.82, 2.24) is 15.2 Å². The molecular formula is C17H14Cl3N5. The lowest BCUT2D eigenvalue weighted by Crippen LogP contribution is -2.09. The number of hydrogen-bond acceptors (Lipinski definition) is 5. The van der Waals surface area contributed by atoms with Crippen LogP contribution < -0.4 is 10.6 Å². The molecule has 1 heterocycles. The summed E-state index contributed by atoms with van der Waals surface area (Å²) in [6, 6.07) is 12.9. The normalized spacial score (nSPS) is 10.5. The maximum atomic E-state index is 6.15. The summed E-state index contributed by atoms with van der Waals surface area (Å²) in [7, 11) is 0. The van der Waals surface area contributed by atoms with Gasteiger partial charge < -0.3 is 10.6 Å². The molecule has 1 aromatic heterocycles. The molecule has 2 N–H and O–H groups in total. The standard InChI is InChI=1S/C17H14Cl3N5/c18-12-3-1-11(2-4-12)7-8-21-17-24-16(10-22-25-17)23-15-6-5-13(19)9-14(15)20/h1-6,9-10H,7-8H2,(H2,21,23,24,25). The quantitative estimate of drug-likeness (QED) is 0.599. The van der Waals surface area contributed by atoms with Crippen LogP contribution in [0.4, 0.5) is 17.5 Å². The van der Waals surface area contributed by atoms with E-state index < -0.39 is 0 Å². The number of halogens is 3. The lowest BCUT2D eigenvalue weighted by molar-refractivity contribution is 0.929. The van der Waals surface area contributed by atoms with Crippen molar-refractivity contribution in [1.29, 1.82) is 0 Å². The molecule has 25 heavy (non-hydrogen) atoms. The summed E-state index contributed by atoms with van der Waals surface area (Å²) in [5, 5.41) is 16.0. The maximum Gasteiger partial charge on any atom is 0.244 e. The van der Waals surface area contributed by atoms with Crippen LogP contribution >= 0.6 is 34.8 Å². The van der Waals surface area contributed by atoms with Gasteiger partial charge in [-0.2, -0.15) is 10.1 Å². The molecule has 128 valence electrons. The molecule has 0 aliphatic rings. The van der Waals surface area contributed by atoms with E-state index in [0.29, 0.717) is 34.0 Å². The first-order valence-electron chi connectivity index (χ1n) is 7.50. The predicted octanol–water partition coefficient (Wildman–Crippen LogP) is 5.23. The Bertz CT molecular complexity index is 855. The minimum Gasteiger partial charge on any atom is -0.353 e. The van der Waals surface area contributed by atoms with Crippen LogP contribution in [0.15, 0.2) is 48.7 Å². The van der Waals surface area contributed by atoms with Gasteiger partial charge in [0.25, 0.3) is 0 Å². The second-order valence-electron chi connectivity index (χ2n) is 5.22. The van der Waals surface area contributed by atoms with Crippen LogP contribution in [0.5, 0.6) is 0 Å². The van der Waals surface area contributed by atoms with E-state index in [0.717, 1.165) is 11.4 Å². The van der Waals surface area contributed by atoms with Crippen molar-refractivity contribution in [2.75, 3.05) is 17.2 Å². The maximum absolute atomic E-state index is 6.15. The van der Waals surface area contributed by atoms with Gasteiger partial charge in [-0.3, -0.25) is 0 Å². The van der Waals surface area contributed by atoms with Gasteiger partial charge in [-0.05, 0) is 42.3 Å². The van der Waals surface area contributed by atoms with Gasteiger partial charge in [0.1, 0.15) is 0 Å². The number of anilines is 3. The van der Waals surface area contributed by atoms with Gasteiger partial charge in [0.05, 0.1) is 16.9 Å². The van der Waals surface area contributed by atoms with Crippen LogP contribution in [0.3, 0.4) is 0 Å². The number of nitrogens with one attached hydrogen (secondary N) is 2. The largest absolute Gasteiger partial charge is 0.353 e. The van der Waals surface area contributed by atoms with Crippen LogP contribution in [0.2, 0.25) is 15.1 Å². The number of hydrogen-bond donors (Lipinski definition) is 2. The first-order valence-corrected chi connectivity index (χ1v) is 8.64. The Morgan fingerprint density at radius 1 is 0.920 bits per heavy atom. The van der Waals surface area contributed by atoms with Crippen molar-refractivity contribution in [3.05, 3.63) is 69.3 Å². The zero-order chi connectivity index (χ0) is 17.6. The molecule has 0 atom stereocenters. The highest BCUT2D eigenvalue weighted by Crippen LogP contribution is 2.27. The highest BCUT2D eigenvalue weighted by molar-refractivity contribution is 6.36. The number of nitrogens with zero attached hydrogens (tertiary/aromatic N) is 3. The van der Waals surface area contributed by atoms with Crippen LogP contribution in [-0.2, 0) is 6.42 Å². The Morgan fingerprint density at radius 3 is 2.44 bits per heavy atom. The monoisotopic (exact) mass is 393 g/mol. The molecule has 3 aromatic rings. The minimum absolute atomic E-state index is 0.434. The van der Waals surface area contributed by atoms with Crippen molar-refractivity contribution in [3.63, 3.8) is 0 Å². The van der Waals surface area contributed by atoms with Crippen LogP contribution in [-0.4, -0.2) is 21.7 Å². The Morgan fingerprint density at radius 2 is 1.68 bits per heavy atom. The summed E-state index contributed by atoms with van der Waals surface area (Å²) >= 11 is 17.9. The highest BCUT2D eigenvalue weighted by Gasteiger charge is 2.05. The average molecular weight is 395 g/mol. The zero-order valence-electron chi connectivity index (χ0n) is 13.0. The summed E-state index contributed by atoms with van der Waals surface area (Å²) < 4.78 is 0. The topological polar surface area (TPSA) is 62.7 Å². The van der Waals surface area contributed by atoms with Crippen LogP contribution in [0, 0.1) is 0 Å². The molecule has 8 heteroatoms. The second kappa shape index (κ2) is 8.34. The summed E-state index contributed by atoms with van der Waals surface area (Å²) in [4.78, 5) is 4.37. The smallest absolute Gasteiger partial charge is 0.244 e. The summed E-state index contributed by atoms with van der Waals surface area (Å²) in [5.41, 5.74) is 1.87. The van der Waals surface area contributed by atoms with E-state index in [9.17, 15) is 0 Å². The summed E-state index contributed by atoms with van der Waals surface area (Å²) in [6.07, 6.45) is 2.34. The molecule has 0 saturated carbocycles. The van der Waals surface area contributed by atoms with E-state index >= 15 is 0 Å². The van der Waals surface area contributed by atoms with Gasteiger partial charge in [-0.1, -0.05) is 46.9 Å². The van der Waals surface area contributed by atoms with Crippen LogP contribution in [0.25, 0.3) is 0 Å². The zero-order valence-corrected chi connectivity index (χ0v) is 15.3. The van der Waals surface area contributed by atoms with Gasteiger partial charge in [0.2, 0.25) is 5.95 Å². The molecular weight excluding hydrogens is 381 g/mol. The highest BCUT2D eigenvalue weighted by atomic mass is 35.5. The lowest BCUT2D eigenvalue weighted by atomic mass is 10.1. The van der Waals surface area contributed by atoms with Crippen molar-refractivity contribution in [2.24, 2.45) is 0 Å².